The lowest BCUT2D eigenvalue weighted by Crippen LogP contribution is -2.27. The van der Waals surface area contributed by atoms with Gasteiger partial charge in [-0.2, -0.15) is 0 Å². The summed E-state index contributed by atoms with van der Waals surface area (Å²) >= 11 is 0. The second-order valence-electron chi connectivity index (χ2n) is 1.91. The number of carbonyl (C=O) groups is 1. The van der Waals surface area contributed by atoms with E-state index in [-0.39, 0.29) is 6.61 Å². The van der Waals surface area contributed by atoms with E-state index in [1.165, 1.54) is 5.43 Å². The zero-order valence-electron chi connectivity index (χ0n) is 6.66. The molecule has 66 valence electrons. The first-order chi connectivity index (χ1) is 5.04. The van der Waals surface area contributed by atoms with Crippen LogP contribution >= 0.6 is 0 Å². The van der Waals surface area contributed by atoms with Gasteiger partial charge in [0.25, 0.3) is 0 Å². The third kappa shape index (κ3) is 27.8. The van der Waals surface area contributed by atoms with Crippen molar-refractivity contribution >= 4 is 6.09 Å². The van der Waals surface area contributed by atoms with E-state index in [4.69, 9.17) is 15.0 Å². The summed E-state index contributed by atoms with van der Waals surface area (Å²) in [6.07, 6.45) is 0.546. The Bertz CT molecular complexity index is 130. The Morgan fingerprint density at radius 3 is 2.00 bits per heavy atom. The summed E-state index contributed by atoms with van der Waals surface area (Å²) in [4.78, 5) is 9.13. The summed E-state index contributed by atoms with van der Waals surface area (Å²) in [6, 6.07) is 0. The summed E-state index contributed by atoms with van der Waals surface area (Å²) in [5.41, 5.74) is 2.61. The van der Waals surface area contributed by atoms with Crippen LogP contribution < -0.4 is 11.3 Å². The van der Waals surface area contributed by atoms with Crippen LogP contribution in [0.5, 0.6) is 0 Å². The van der Waals surface area contributed by atoms with Gasteiger partial charge in [0.15, 0.2) is 0 Å². The van der Waals surface area contributed by atoms with Crippen LogP contribution in [0, 0.1) is 0 Å². The molecule has 0 aromatic heterocycles. The molecule has 0 aliphatic carbocycles. The molecule has 0 radical (unpaired) electrons. The SMILES string of the molecule is CC(C)=CCO.NNC(=O)O. The van der Waals surface area contributed by atoms with Gasteiger partial charge in [-0.3, -0.25) is 5.43 Å². The molecular formula is C6H14N2O3. The maximum atomic E-state index is 9.13. The zero-order chi connectivity index (χ0) is 9.28. The van der Waals surface area contributed by atoms with Gasteiger partial charge in [0, 0.05) is 0 Å². The number of carboxylic acid groups (broad SMARTS) is 1. The van der Waals surface area contributed by atoms with Crippen LogP contribution in [-0.2, 0) is 0 Å². The maximum absolute atomic E-state index is 9.13. The molecule has 1 amide bonds. The van der Waals surface area contributed by atoms with Gasteiger partial charge < -0.3 is 10.2 Å². The van der Waals surface area contributed by atoms with Crippen molar-refractivity contribution in [1.29, 1.82) is 0 Å². The molecule has 0 aromatic rings. The van der Waals surface area contributed by atoms with Crippen LogP contribution in [0.4, 0.5) is 4.79 Å². The van der Waals surface area contributed by atoms with Crippen LogP contribution in [-0.4, -0.2) is 22.9 Å². The van der Waals surface area contributed by atoms with Gasteiger partial charge >= 0.3 is 6.09 Å². The van der Waals surface area contributed by atoms with Gasteiger partial charge in [-0.1, -0.05) is 11.6 Å². The van der Waals surface area contributed by atoms with E-state index in [1.807, 2.05) is 13.8 Å². The number of nitrogens with one attached hydrogen (secondary N) is 1. The average Bonchev–Trinajstić information content (AvgIpc) is 1.89. The van der Waals surface area contributed by atoms with Crippen molar-refractivity contribution in [3.05, 3.63) is 11.6 Å². The Balaban J connectivity index is 0. The van der Waals surface area contributed by atoms with E-state index in [0.717, 1.165) is 5.57 Å². The number of hydrogen-bond acceptors (Lipinski definition) is 3. The van der Waals surface area contributed by atoms with Crippen molar-refractivity contribution < 1.29 is 15.0 Å². The molecule has 5 nitrogen and oxygen atoms in total. The minimum atomic E-state index is -1.22. The fraction of sp³-hybridized carbons (Fsp3) is 0.500. The zero-order valence-corrected chi connectivity index (χ0v) is 6.66. The van der Waals surface area contributed by atoms with Crippen LogP contribution in [0.2, 0.25) is 0 Å². The van der Waals surface area contributed by atoms with Crippen molar-refractivity contribution in [3.8, 4) is 0 Å². The molecule has 0 rings (SSSR count). The molecule has 0 fully saturated rings. The van der Waals surface area contributed by atoms with E-state index in [9.17, 15) is 0 Å². The minimum Gasteiger partial charge on any atom is -0.464 e. The molecule has 0 bridgehead atoms. The predicted octanol–water partition coefficient (Wildman–Crippen LogP) is 0.0726. The van der Waals surface area contributed by atoms with Crippen LogP contribution in [0.3, 0.4) is 0 Å². The van der Waals surface area contributed by atoms with E-state index in [2.05, 4.69) is 5.84 Å². The Morgan fingerprint density at radius 1 is 1.64 bits per heavy atom. The van der Waals surface area contributed by atoms with Crippen LogP contribution in [0.15, 0.2) is 11.6 Å². The highest BCUT2D eigenvalue weighted by atomic mass is 16.4. The highest BCUT2D eigenvalue weighted by Crippen LogP contribution is 1.83. The molecule has 5 heteroatoms. The Morgan fingerprint density at radius 2 is 2.00 bits per heavy atom. The molecule has 0 aliphatic heterocycles. The molecule has 0 saturated carbocycles. The largest absolute Gasteiger partial charge is 0.464 e. The van der Waals surface area contributed by atoms with Crippen molar-refractivity contribution in [2.45, 2.75) is 13.8 Å². The lowest BCUT2D eigenvalue weighted by molar-refractivity contribution is 0.194. The van der Waals surface area contributed by atoms with Crippen LogP contribution in [0.1, 0.15) is 13.8 Å². The first-order valence-electron chi connectivity index (χ1n) is 2.98. The number of hydrazine groups is 1. The number of aliphatic hydroxyl groups is 1. The minimum absolute atomic E-state index is 0.169. The molecule has 0 unspecified atom stereocenters. The van der Waals surface area contributed by atoms with Gasteiger partial charge in [0.2, 0.25) is 0 Å². The normalized spacial score (nSPS) is 7.27. The summed E-state index contributed by atoms with van der Waals surface area (Å²) in [5.74, 6) is 4.32. The molecular weight excluding hydrogens is 148 g/mol. The van der Waals surface area contributed by atoms with Crippen molar-refractivity contribution in [2.24, 2.45) is 5.84 Å². The van der Waals surface area contributed by atoms with E-state index in [1.54, 1.807) is 6.08 Å². The smallest absolute Gasteiger partial charge is 0.418 e. The van der Waals surface area contributed by atoms with Gasteiger partial charge in [0.05, 0.1) is 6.61 Å². The molecule has 0 aliphatic rings. The quantitative estimate of drug-likeness (QED) is 0.190. The van der Waals surface area contributed by atoms with Crippen molar-refractivity contribution in [2.75, 3.05) is 6.61 Å². The molecule has 0 aromatic carbocycles. The molecule has 0 heterocycles. The van der Waals surface area contributed by atoms with Gasteiger partial charge in [-0.25, -0.2) is 10.6 Å². The predicted molar refractivity (Wildman–Crippen MR) is 41.9 cm³/mol. The molecule has 0 atom stereocenters. The summed E-state index contributed by atoms with van der Waals surface area (Å²) in [7, 11) is 0. The molecule has 5 N–H and O–H groups in total. The van der Waals surface area contributed by atoms with Gasteiger partial charge in [-0.15, -0.1) is 0 Å². The van der Waals surface area contributed by atoms with Crippen LogP contribution in [0.25, 0.3) is 0 Å². The highest BCUT2D eigenvalue weighted by Gasteiger charge is 1.77. The first-order valence-corrected chi connectivity index (χ1v) is 2.98. The summed E-state index contributed by atoms with van der Waals surface area (Å²) in [5, 5.41) is 15.6. The van der Waals surface area contributed by atoms with E-state index < -0.39 is 6.09 Å². The molecule has 0 spiro atoms. The topological polar surface area (TPSA) is 95.6 Å². The molecule has 11 heavy (non-hydrogen) atoms. The summed E-state index contributed by atoms with van der Waals surface area (Å²) in [6.45, 7) is 4.08. The number of amides is 1. The van der Waals surface area contributed by atoms with Crippen molar-refractivity contribution in [1.82, 2.24) is 5.43 Å². The number of hydrogen-bond donors (Lipinski definition) is 4. The Hall–Kier alpha value is -1.07. The Kier molecular flexibility index (Phi) is 10.2. The second-order valence-corrected chi connectivity index (χ2v) is 1.91. The lowest BCUT2D eigenvalue weighted by atomic mass is 10.3. The first kappa shape index (κ1) is 12.6. The monoisotopic (exact) mass is 162 g/mol. The number of rotatable bonds is 1. The standard InChI is InChI=1S/C5H10O.CH4N2O2/c1-5(2)3-4-6;2-3-1(4)5/h3,6H,4H2,1-2H3;3H,2H2,(H,4,5). The van der Waals surface area contributed by atoms with Gasteiger partial charge in [-0.05, 0) is 13.8 Å². The number of aliphatic hydroxyl groups excluding tert-OH is 1. The van der Waals surface area contributed by atoms with E-state index >= 15 is 0 Å². The number of allylic oxidation sites excluding steroid dienone is 1. The number of nitrogens with two attached hydrogens (primary N) is 1. The second kappa shape index (κ2) is 8.93. The summed E-state index contributed by atoms with van der Waals surface area (Å²) < 4.78 is 0. The Labute approximate surface area is 65.5 Å². The third-order valence-corrected chi connectivity index (χ3v) is 0.623. The van der Waals surface area contributed by atoms with Crippen molar-refractivity contribution in [3.63, 3.8) is 0 Å². The average molecular weight is 162 g/mol. The molecule has 0 saturated heterocycles. The van der Waals surface area contributed by atoms with Gasteiger partial charge in [0.1, 0.15) is 0 Å². The third-order valence-electron chi connectivity index (χ3n) is 0.623. The fourth-order valence-corrected chi connectivity index (χ4v) is 0.183. The fourth-order valence-electron chi connectivity index (χ4n) is 0.183. The van der Waals surface area contributed by atoms with E-state index in [0.29, 0.717) is 0 Å². The highest BCUT2D eigenvalue weighted by molar-refractivity contribution is 5.63. The lowest BCUT2D eigenvalue weighted by Gasteiger charge is -1.80. The maximum Gasteiger partial charge on any atom is 0.418 e.